The fraction of sp³-hybridized carbons (Fsp3) is 0.250. The number of methoxy groups -OCH3 is 1. The summed E-state index contributed by atoms with van der Waals surface area (Å²) in [4.78, 5) is 17.0. The van der Waals surface area contributed by atoms with Gasteiger partial charge >= 0.3 is 0 Å². The van der Waals surface area contributed by atoms with E-state index in [4.69, 9.17) is 21.3 Å². The molecule has 0 N–H and O–H groups in total. The van der Waals surface area contributed by atoms with Crippen molar-refractivity contribution in [2.75, 3.05) is 38.2 Å². The number of rotatable bonds is 6. The lowest BCUT2D eigenvalue weighted by atomic mass is 10.1. The molecular formula is C20H19ClN4O5S2. The number of ether oxygens (including phenoxy) is 1. The molecule has 2 heterocycles. The predicted octanol–water partition coefficient (Wildman–Crippen LogP) is 3.89. The van der Waals surface area contributed by atoms with Gasteiger partial charge in [0.1, 0.15) is 10.8 Å². The van der Waals surface area contributed by atoms with Crippen LogP contribution in [-0.4, -0.2) is 55.9 Å². The van der Waals surface area contributed by atoms with Crippen LogP contribution < -0.4 is 9.64 Å². The summed E-state index contributed by atoms with van der Waals surface area (Å²) in [5.41, 5.74) is 1.26. The highest BCUT2D eigenvalue weighted by atomic mass is 35.5. The summed E-state index contributed by atoms with van der Waals surface area (Å²) in [6, 6.07) is 11.2. The zero-order valence-electron chi connectivity index (χ0n) is 17.0. The lowest BCUT2D eigenvalue weighted by molar-refractivity contribution is -0.384. The molecule has 168 valence electrons. The van der Waals surface area contributed by atoms with Crippen LogP contribution in [-0.2, 0) is 10.0 Å². The van der Waals surface area contributed by atoms with Crippen molar-refractivity contribution in [3.63, 3.8) is 0 Å². The number of anilines is 1. The number of sulfonamides is 1. The number of nitro benzene ring substituents is 1. The van der Waals surface area contributed by atoms with Crippen molar-refractivity contribution in [1.82, 2.24) is 9.29 Å². The fourth-order valence-electron chi connectivity index (χ4n) is 3.45. The summed E-state index contributed by atoms with van der Waals surface area (Å²) in [5, 5.41) is 13.8. The quantitative estimate of drug-likeness (QED) is 0.378. The van der Waals surface area contributed by atoms with E-state index in [0.717, 1.165) is 28.2 Å². The number of hydrogen-bond acceptors (Lipinski definition) is 8. The number of hydrogen-bond donors (Lipinski definition) is 0. The molecule has 32 heavy (non-hydrogen) atoms. The number of para-hydroxylation sites is 1. The highest BCUT2D eigenvalue weighted by molar-refractivity contribution is 7.89. The molecule has 0 aliphatic carbocycles. The second kappa shape index (κ2) is 9.02. The molecule has 12 heteroatoms. The van der Waals surface area contributed by atoms with Crippen LogP contribution in [0.4, 0.5) is 10.8 Å². The van der Waals surface area contributed by atoms with Crippen LogP contribution in [0.2, 0.25) is 5.02 Å². The van der Waals surface area contributed by atoms with E-state index >= 15 is 0 Å². The van der Waals surface area contributed by atoms with Crippen LogP contribution in [0.25, 0.3) is 11.3 Å². The molecule has 1 fully saturated rings. The molecule has 1 aliphatic heterocycles. The van der Waals surface area contributed by atoms with Crippen molar-refractivity contribution in [2.24, 2.45) is 0 Å². The largest absolute Gasteiger partial charge is 0.496 e. The van der Waals surface area contributed by atoms with Gasteiger partial charge in [0, 0.05) is 43.2 Å². The van der Waals surface area contributed by atoms with Gasteiger partial charge in [0.15, 0.2) is 5.13 Å². The summed E-state index contributed by atoms with van der Waals surface area (Å²) in [6.07, 6.45) is 0. The van der Waals surface area contributed by atoms with Crippen molar-refractivity contribution in [3.8, 4) is 17.0 Å². The smallest absolute Gasteiger partial charge is 0.289 e. The molecular weight excluding hydrogens is 476 g/mol. The van der Waals surface area contributed by atoms with E-state index in [1.165, 1.54) is 27.8 Å². The molecule has 0 saturated carbocycles. The molecule has 9 nitrogen and oxygen atoms in total. The highest BCUT2D eigenvalue weighted by Gasteiger charge is 2.31. The molecule has 2 aromatic carbocycles. The number of nitro groups is 1. The van der Waals surface area contributed by atoms with E-state index in [1.807, 2.05) is 34.5 Å². The highest BCUT2D eigenvalue weighted by Crippen LogP contribution is 2.34. The second-order valence-electron chi connectivity index (χ2n) is 6.98. The maximum atomic E-state index is 13.0. The normalized spacial score (nSPS) is 15.0. The minimum absolute atomic E-state index is 0.103. The lowest BCUT2D eigenvalue weighted by Gasteiger charge is -2.33. The first kappa shape index (κ1) is 22.5. The number of aromatic nitrogens is 1. The molecule has 1 saturated heterocycles. The molecule has 0 radical (unpaired) electrons. The Morgan fingerprint density at radius 1 is 1.16 bits per heavy atom. The summed E-state index contributed by atoms with van der Waals surface area (Å²) >= 11 is 7.29. The van der Waals surface area contributed by atoms with E-state index < -0.39 is 20.6 Å². The van der Waals surface area contributed by atoms with Gasteiger partial charge in [0.25, 0.3) is 5.69 Å². The first-order valence-electron chi connectivity index (χ1n) is 9.59. The van der Waals surface area contributed by atoms with E-state index in [9.17, 15) is 18.5 Å². The SMILES string of the molecule is COc1ccccc1-c1csc(N2CCN(S(=O)(=O)c3ccc(Cl)c([N+](=O)[O-])c3)CC2)n1. The third-order valence-electron chi connectivity index (χ3n) is 5.14. The van der Waals surface area contributed by atoms with Crippen molar-refractivity contribution >= 4 is 43.8 Å². The molecule has 1 aromatic heterocycles. The van der Waals surface area contributed by atoms with Gasteiger partial charge in [-0.05, 0) is 24.3 Å². The average molecular weight is 495 g/mol. The molecule has 0 spiro atoms. The minimum atomic E-state index is -3.88. The van der Waals surface area contributed by atoms with Crippen molar-refractivity contribution in [3.05, 3.63) is 63.0 Å². The Balaban J connectivity index is 1.48. The van der Waals surface area contributed by atoms with E-state index in [2.05, 4.69) is 0 Å². The third-order valence-corrected chi connectivity index (χ3v) is 8.25. The van der Waals surface area contributed by atoms with Gasteiger partial charge in [-0.25, -0.2) is 13.4 Å². The number of nitrogens with zero attached hydrogens (tertiary/aromatic N) is 4. The molecule has 0 unspecified atom stereocenters. The van der Waals surface area contributed by atoms with Crippen LogP contribution in [0.1, 0.15) is 0 Å². The predicted molar refractivity (Wildman–Crippen MR) is 123 cm³/mol. The Hall–Kier alpha value is -2.73. The van der Waals surface area contributed by atoms with Gasteiger partial charge in [0.05, 0.1) is 22.6 Å². The minimum Gasteiger partial charge on any atom is -0.496 e. The average Bonchev–Trinajstić information content (AvgIpc) is 3.29. The molecule has 1 aliphatic rings. The van der Waals surface area contributed by atoms with Crippen molar-refractivity contribution in [2.45, 2.75) is 4.90 Å². The van der Waals surface area contributed by atoms with Crippen molar-refractivity contribution < 1.29 is 18.1 Å². The summed E-state index contributed by atoms with van der Waals surface area (Å²) in [5.74, 6) is 0.734. The standard InChI is InChI=1S/C20H19ClN4O5S2/c1-30-19-5-3-2-4-15(19)17-13-31-20(22-17)23-8-10-24(11-9-23)32(28,29)14-6-7-16(21)18(12-14)25(26)27/h2-7,12-13H,8-11H2,1H3. The lowest BCUT2D eigenvalue weighted by Crippen LogP contribution is -2.48. The molecule has 0 bridgehead atoms. The van der Waals surface area contributed by atoms with Crippen LogP contribution >= 0.6 is 22.9 Å². The van der Waals surface area contributed by atoms with Gasteiger partial charge in [-0.3, -0.25) is 10.1 Å². The first-order chi connectivity index (χ1) is 15.3. The maximum absolute atomic E-state index is 13.0. The van der Waals surface area contributed by atoms with Crippen LogP contribution in [0.5, 0.6) is 5.75 Å². The fourth-order valence-corrected chi connectivity index (χ4v) is 5.96. The van der Waals surface area contributed by atoms with Gasteiger partial charge in [-0.2, -0.15) is 4.31 Å². The Bertz CT molecular complexity index is 1260. The third kappa shape index (κ3) is 4.29. The first-order valence-corrected chi connectivity index (χ1v) is 12.3. The van der Waals surface area contributed by atoms with Crippen LogP contribution in [0.3, 0.4) is 0 Å². The zero-order chi connectivity index (χ0) is 22.9. The summed E-state index contributed by atoms with van der Waals surface area (Å²) in [7, 11) is -2.26. The Kier molecular flexibility index (Phi) is 6.33. The van der Waals surface area contributed by atoms with Gasteiger partial charge in [-0.1, -0.05) is 23.7 Å². The van der Waals surface area contributed by atoms with E-state index in [-0.39, 0.29) is 23.0 Å². The van der Waals surface area contributed by atoms with Crippen LogP contribution in [0, 0.1) is 10.1 Å². The molecule has 0 atom stereocenters. The monoisotopic (exact) mass is 494 g/mol. The number of thiazole rings is 1. The molecule has 4 rings (SSSR count). The second-order valence-corrected chi connectivity index (χ2v) is 10.2. The number of halogens is 1. The number of benzene rings is 2. The Labute approximate surface area is 194 Å². The number of piperazine rings is 1. The van der Waals surface area contributed by atoms with E-state index in [1.54, 1.807) is 7.11 Å². The van der Waals surface area contributed by atoms with Gasteiger partial charge in [0.2, 0.25) is 10.0 Å². The van der Waals surface area contributed by atoms with Gasteiger partial charge in [-0.15, -0.1) is 11.3 Å². The van der Waals surface area contributed by atoms with Gasteiger partial charge < -0.3 is 9.64 Å². The molecule has 3 aromatic rings. The Morgan fingerprint density at radius 3 is 2.56 bits per heavy atom. The van der Waals surface area contributed by atoms with Crippen molar-refractivity contribution in [1.29, 1.82) is 0 Å². The maximum Gasteiger partial charge on any atom is 0.289 e. The molecule has 0 amide bonds. The Morgan fingerprint density at radius 2 is 1.88 bits per heavy atom. The summed E-state index contributed by atoms with van der Waals surface area (Å²) < 4.78 is 32.7. The topological polar surface area (TPSA) is 106 Å². The zero-order valence-corrected chi connectivity index (χ0v) is 19.4. The van der Waals surface area contributed by atoms with E-state index in [0.29, 0.717) is 13.1 Å². The van der Waals surface area contributed by atoms with Crippen LogP contribution in [0.15, 0.2) is 52.7 Å². The summed E-state index contributed by atoms with van der Waals surface area (Å²) in [6.45, 7) is 1.38.